The fourth-order valence-corrected chi connectivity index (χ4v) is 0. The van der Waals surface area contributed by atoms with Crippen LogP contribution in [0, 0.1) is 0 Å². The minimum absolute atomic E-state index is 0. The van der Waals surface area contributed by atoms with Crippen LogP contribution in [0.2, 0.25) is 0 Å². The van der Waals surface area contributed by atoms with Gasteiger partial charge in [-0.05, 0) is 0 Å². The summed E-state index contributed by atoms with van der Waals surface area (Å²) in [5.74, 6) is 0. The van der Waals surface area contributed by atoms with Crippen molar-refractivity contribution in [1.82, 2.24) is 0 Å². The Morgan fingerprint density at radius 2 is 0.846 bits per heavy atom. The molecular formula is Li4MnO7Si. The zero-order valence-electron chi connectivity index (χ0n) is 7.74. The molecule has 0 aromatic rings. The molecule has 0 saturated heterocycles. The molecule has 0 fully saturated rings. The molecule has 0 rings (SSSR count). The third-order valence-corrected chi connectivity index (χ3v) is 0. The van der Waals surface area contributed by atoms with Crippen LogP contribution in [-0.4, -0.2) is 9.17 Å². The first-order valence-electron chi connectivity index (χ1n) is 1.23. The molecule has 0 aliphatic heterocycles. The van der Waals surface area contributed by atoms with Gasteiger partial charge in [0.25, 0.3) is 0 Å². The Labute approximate surface area is 127 Å². The molecule has 0 saturated carbocycles. The molecule has 0 N–H and O–H groups in total. The van der Waals surface area contributed by atoms with Gasteiger partial charge in [-0.15, -0.1) is 0 Å². The van der Waals surface area contributed by atoms with E-state index in [2.05, 4.69) is 0 Å². The van der Waals surface area contributed by atoms with Crippen LogP contribution in [0.4, 0.5) is 0 Å². The monoisotopic (exact) mass is 223 g/mol. The Bertz CT molecular complexity index is 163. The summed E-state index contributed by atoms with van der Waals surface area (Å²) in [6.45, 7) is 0. The normalized spacial score (nSPS) is 6.31. The van der Waals surface area contributed by atoms with E-state index in [0.717, 1.165) is 0 Å². The van der Waals surface area contributed by atoms with Crippen molar-refractivity contribution in [2.45, 2.75) is 0 Å². The SMILES string of the molecule is O=[Si]([O-])[O-].[Li+].[Li+].[Li+].[Li+].[O]=[Mn](=[O])([O-])[O-]. The molecule has 57 valence electrons. The maximum absolute atomic E-state index is 8.58. The molecule has 0 amide bonds. The number of hydrogen-bond acceptors (Lipinski definition) is 7. The molecule has 0 spiro atoms. The van der Waals surface area contributed by atoms with Gasteiger partial charge in [-0.3, -0.25) is 0 Å². The van der Waals surface area contributed by atoms with E-state index in [1.807, 2.05) is 0 Å². The molecule has 0 bridgehead atoms. The van der Waals surface area contributed by atoms with Crippen molar-refractivity contribution in [3.8, 4) is 0 Å². The summed E-state index contributed by atoms with van der Waals surface area (Å²) in [4.78, 5) is 17.0. The molecule has 13 heteroatoms. The summed E-state index contributed by atoms with van der Waals surface area (Å²) in [5, 5.41) is 0. The van der Waals surface area contributed by atoms with Crippen molar-refractivity contribution in [3.63, 3.8) is 0 Å². The molecule has 0 aliphatic carbocycles. The number of rotatable bonds is 0. The Kier molecular flexibility index (Phi) is 54.7. The van der Waals surface area contributed by atoms with Crippen molar-refractivity contribution in [2.24, 2.45) is 0 Å². The third kappa shape index (κ3) is 487. The predicted octanol–water partition coefficient (Wildman–Crippen LogP) is -17.5. The van der Waals surface area contributed by atoms with Gasteiger partial charge in [0, 0.05) is 9.17 Å². The Hall–Kier alpha value is 2.05. The van der Waals surface area contributed by atoms with Crippen molar-refractivity contribution in [3.05, 3.63) is 0 Å². The Morgan fingerprint density at radius 3 is 0.846 bits per heavy atom. The van der Waals surface area contributed by atoms with Gasteiger partial charge in [0.1, 0.15) is 0 Å². The molecule has 0 heterocycles. The zero-order valence-corrected chi connectivity index (χ0v) is 9.92. The van der Waals surface area contributed by atoms with E-state index in [4.69, 9.17) is 30.1 Å². The third-order valence-electron chi connectivity index (χ3n) is 0. The van der Waals surface area contributed by atoms with Gasteiger partial charge in [0.15, 0.2) is 0 Å². The van der Waals surface area contributed by atoms with Crippen LogP contribution < -0.4 is 93.4 Å². The van der Waals surface area contributed by atoms with Crippen molar-refractivity contribution in [2.75, 3.05) is 0 Å². The summed E-state index contributed by atoms with van der Waals surface area (Å²) in [5.41, 5.74) is 0. The van der Waals surface area contributed by atoms with Crippen molar-refractivity contribution >= 4 is 9.17 Å². The second kappa shape index (κ2) is 19.6. The van der Waals surface area contributed by atoms with Gasteiger partial charge in [-0.1, -0.05) is 0 Å². The van der Waals surface area contributed by atoms with E-state index >= 15 is 0 Å². The van der Waals surface area contributed by atoms with Gasteiger partial charge in [-0.2, -0.15) is 0 Å². The first-order valence-corrected chi connectivity index (χ1v) is 4.38. The van der Waals surface area contributed by atoms with Crippen LogP contribution in [0.25, 0.3) is 0 Å². The first kappa shape index (κ1) is 36.3. The van der Waals surface area contributed by atoms with Crippen molar-refractivity contribution in [1.29, 1.82) is 0 Å². The fourth-order valence-electron chi connectivity index (χ4n) is 0. The molecule has 7 nitrogen and oxygen atoms in total. The van der Waals surface area contributed by atoms with Gasteiger partial charge in [0.2, 0.25) is 0 Å². The average Bonchev–Trinajstić information content (AvgIpc) is 1.19. The van der Waals surface area contributed by atoms with E-state index < -0.39 is 22.5 Å². The predicted molar refractivity (Wildman–Crippen MR) is 7.81 cm³/mol. The van der Waals surface area contributed by atoms with E-state index in [9.17, 15) is 0 Å². The molecule has 13 heavy (non-hydrogen) atoms. The quantitative estimate of drug-likeness (QED) is 0.370. The van der Waals surface area contributed by atoms with Gasteiger partial charge >= 0.3 is 105 Å². The molecule has 0 aliphatic rings. The fraction of sp³-hybridized carbons (Fsp3) is 0. The van der Waals surface area contributed by atoms with Crippen LogP contribution >= 0.6 is 0 Å². The van der Waals surface area contributed by atoms with Crippen LogP contribution in [-0.2, 0) is 25.5 Å². The Balaban J connectivity index is -0.0000000146. The van der Waals surface area contributed by atoms with E-state index in [1.54, 1.807) is 0 Å². The van der Waals surface area contributed by atoms with Gasteiger partial charge < -0.3 is 14.1 Å². The van der Waals surface area contributed by atoms with E-state index in [0.29, 0.717) is 0 Å². The van der Waals surface area contributed by atoms with Gasteiger partial charge in [-0.25, -0.2) is 0 Å². The summed E-state index contributed by atoms with van der Waals surface area (Å²) >= 11 is -5.62. The molecule has 0 radical (unpaired) electrons. The average molecular weight is 223 g/mol. The zero-order chi connectivity index (χ0) is 8.08. The van der Waals surface area contributed by atoms with Crippen LogP contribution in [0.5, 0.6) is 0 Å². The van der Waals surface area contributed by atoms with E-state index in [-0.39, 0.29) is 75.4 Å². The minimum atomic E-state index is -5.62. The molecule has 0 atom stereocenters. The second-order valence-electron chi connectivity index (χ2n) is 0.628. The molecule has 0 unspecified atom stereocenters. The van der Waals surface area contributed by atoms with E-state index in [1.165, 1.54) is 0 Å². The second-order valence-corrected chi connectivity index (χ2v) is 2.31. The van der Waals surface area contributed by atoms with Crippen molar-refractivity contribution < 1.29 is 119 Å². The van der Waals surface area contributed by atoms with Gasteiger partial charge in [0.05, 0.1) is 0 Å². The topological polar surface area (TPSA) is 143 Å². The summed E-state index contributed by atoms with van der Waals surface area (Å²) in [6, 6.07) is 0. The first-order chi connectivity index (χ1) is 3.73. The molecule has 0 aromatic carbocycles. The standard InChI is InChI=1S/4Li.Mn.O3Si.4O/c;;;;;1-4(2)3;;;;/q4*+1;;-2;;;2*-1. The van der Waals surface area contributed by atoms with Crippen LogP contribution in [0.1, 0.15) is 0 Å². The van der Waals surface area contributed by atoms with Crippen LogP contribution in [0.3, 0.4) is 0 Å². The molecule has 0 aromatic heterocycles. The number of hydrogen-bond donors (Lipinski definition) is 0. The summed E-state index contributed by atoms with van der Waals surface area (Å²) in [7, 11) is -3.63. The molecular weight excluding hydrogens is 223 g/mol. The Morgan fingerprint density at radius 1 is 0.846 bits per heavy atom. The maximum atomic E-state index is 8.58. The summed E-state index contributed by atoms with van der Waals surface area (Å²) < 4.78 is 42.8. The van der Waals surface area contributed by atoms with Crippen LogP contribution in [0.15, 0.2) is 0 Å². The summed E-state index contributed by atoms with van der Waals surface area (Å²) in [6.07, 6.45) is 0.